The number of aliphatic carboxylic acids is 1. The van der Waals surface area contributed by atoms with Crippen molar-refractivity contribution >= 4 is 11.9 Å². The Hall–Kier alpha value is -1.10. The highest BCUT2D eigenvalue weighted by Crippen LogP contribution is 2.43. The quantitative estimate of drug-likeness (QED) is 0.609. The molecule has 1 amide bonds. The molecule has 1 fully saturated rings. The van der Waals surface area contributed by atoms with E-state index in [0.717, 1.165) is 32.1 Å². The molecule has 1 aliphatic carbocycles. The van der Waals surface area contributed by atoms with Gasteiger partial charge in [0.25, 0.3) is 0 Å². The Morgan fingerprint density at radius 1 is 1.44 bits per heavy atom. The molecular weight excluding hydrogens is 232 g/mol. The van der Waals surface area contributed by atoms with Gasteiger partial charge in [-0.3, -0.25) is 9.59 Å². The third kappa shape index (κ3) is 4.64. The normalized spacial score (nSPS) is 18.8. The third-order valence-corrected chi connectivity index (χ3v) is 3.71. The number of hydrogen-bond donors (Lipinski definition) is 3. The van der Waals surface area contributed by atoms with Crippen LogP contribution in [0.25, 0.3) is 0 Å². The van der Waals surface area contributed by atoms with Crippen molar-refractivity contribution in [1.29, 1.82) is 0 Å². The Kier molecular flexibility index (Phi) is 5.59. The second kappa shape index (κ2) is 6.73. The second-order valence-corrected chi connectivity index (χ2v) is 5.45. The molecule has 1 unspecified atom stereocenters. The summed E-state index contributed by atoms with van der Waals surface area (Å²) in [5, 5.41) is 11.7. The predicted octanol–water partition coefficient (Wildman–Crippen LogP) is 1.27. The van der Waals surface area contributed by atoms with Gasteiger partial charge >= 0.3 is 5.97 Å². The zero-order valence-electron chi connectivity index (χ0n) is 11.1. The first-order chi connectivity index (χ1) is 8.47. The smallest absolute Gasteiger partial charge is 0.303 e. The fourth-order valence-corrected chi connectivity index (χ4v) is 2.48. The van der Waals surface area contributed by atoms with E-state index in [2.05, 4.69) is 5.32 Å². The molecule has 1 atom stereocenters. The zero-order chi connectivity index (χ0) is 13.6. The van der Waals surface area contributed by atoms with Gasteiger partial charge in [0.2, 0.25) is 5.91 Å². The van der Waals surface area contributed by atoms with Gasteiger partial charge in [0, 0.05) is 19.0 Å². The van der Waals surface area contributed by atoms with Crippen LogP contribution in [0.1, 0.15) is 51.9 Å². The van der Waals surface area contributed by atoms with Crippen molar-refractivity contribution in [2.75, 3.05) is 6.54 Å². The highest BCUT2D eigenvalue weighted by Gasteiger charge is 2.39. The fourth-order valence-electron chi connectivity index (χ4n) is 2.48. The van der Waals surface area contributed by atoms with E-state index in [1.165, 1.54) is 0 Å². The van der Waals surface area contributed by atoms with E-state index >= 15 is 0 Å². The van der Waals surface area contributed by atoms with Crippen LogP contribution < -0.4 is 11.1 Å². The molecule has 0 heterocycles. The summed E-state index contributed by atoms with van der Waals surface area (Å²) >= 11 is 0. The Morgan fingerprint density at radius 3 is 2.56 bits per heavy atom. The molecule has 5 heteroatoms. The molecule has 5 nitrogen and oxygen atoms in total. The Balaban J connectivity index is 2.30. The number of carboxylic acids is 1. The van der Waals surface area contributed by atoms with Crippen LogP contribution in [0.4, 0.5) is 0 Å². The van der Waals surface area contributed by atoms with Gasteiger partial charge in [0.05, 0.1) is 6.42 Å². The molecule has 0 aliphatic heterocycles. The van der Waals surface area contributed by atoms with Crippen molar-refractivity contribution in [3.8, 4) is 0 Å². The molecule has 0 saturated heterocycles. The predicted molar refractivity (Wildman–Crippen MR) is 69.0 cm³/mol. The van der Waals surface area contributed by atoms with Gasteiger partial charge in [0.15, 0.2) is 0 Å². The van der Waals surface area contributed by atoms with Crippen LogP contribution in [0.2, 0.25) is 0 Å². The minimum Gasteiger partial charge on any atom is -0.481 e. The average Bonchev–Trinajstić information content (AvgIpc) is 2.21. The molecule has 0 aromatic rings. The number of rotatable bonds is 8. The standard InChI is InChI=1S/C13H24N2O3/c1-2-4-10(14)7-11(16)15-9-13(5-3-6-13)8-12(17)18/h10H,2-9,14H2,1H3,(H,15,16)(H,17,18). The highest BCUT2D eigenvalue weighted by atomic mass is 16.4. The van der Waals surface area contributed by atoms with Crippen LogP contribution in [-0.4, -0.2) is 29.6 Å². The van der Waals surface area contributed by atoms with Crippen LogP contribution in [0.5, 0.6) is 0 Å². The molecule has 0 aromatic carbocycles. The van der Waals surface area contributed by atoms with Crippen molar-refractivity contribution in [2.24, 2.45) is 11.1 Å². The number of carbonyl (C=O) groups is 2. The molecule has 0 radical (unpaired) electrons. The number of carbonyl (C=O) groups excluding carboxylic acids is 1. The maximum Gasteiger partial charge on any atom is 0.303 e. The molecule has 1 aliphatic rings. The van der Waals surface area contributed by atoms with E-state index < -0.39 is 5.97 Å². The fraction of sp³-hybridized carbons (Fsp3) is 0.846. The lowest BCUT2D eigenvalue weighted by Crippen LogP contribution is -2.44. The summed E-state index contributed by atoms with van der Waals surface area (Å²) in [7, 11) is 0. The molecule has 4 N–H and O–H groups in total. The second-order valence-electron chi connectivity index (χ2n) is 5.45. The number of carboxylic acid groups (broad SMARTS) is 1. The molecule has 18 heavy (non-hydrogen) atoms. The largest absolute Gasteiger partial charge is 0.481 e. The molecule has 0 bridgehead atoms. The summed E-state index contributed by atoms with van der Waals surface area (Å²) in [6.45, 7) is 2.50. The summed E-state index contributed by atoms with van der Waals surface area (Å²) < 4.78 is 0. The van der Waals surface area contributed by atoms with E-state index in [4.69, 9.17) is 10.8 Å². The first kappa shape index (κ1) is 15.0. The summed E-state index contributed by atoms with van der Waals surface area (Å²) in [6, 6.07) is -0.0909. The van der Waals surface area contributed by atoms with Gasteiger partial charge in [-0.1, -0.05) is 19.8 Å². The molecule has 1 rings (SSSR count). The zero-order valence-corrected chi connectivity index (χ0v) is 11.1. The van der Waals surface area contributed by atoms with Gasteiger partial charge < -0.3 is 16.2 Å². The third-order valence-electron chi connectivity index (χ3n) is 3.71. The Labute approximate surface area is 108 Å². The first-order valence-electron chi connectivity index (χ1n) is 6.71. The Morgan fingerprint density at radius 2 is 2.11 bits per heavy atom. The van der Waals surface area contributed by atoms with Crippen molar-refractivity contribution in [3.05, 3.63) is 0 Å². The molecule has 104 valence electrons. The maximum absolute atomic E-state index is 11.7. The van der Waals surface area contributed by atoms with Crippen molar-refractivity contribution < 1.29 is 14.7 Å². The first-order valence-corrected chi connectivity index (χ1v) is 6.71. The van der Waals surface area contributed by atoms with Gasteiger partial charge in [-0.25, -0.2) is 0 Å². The maximum atomic E-state index is 11.7. The van der Waals surface area contributed by atoms with Gasteiger partial charge in [-0.15, -0.1) is 0 Å². The lowest BCUT2D eigenvalue weighted by atomic mass is 9.66. The van der Waals surface area contributed by atoms with Crippen molar-refractivity contribution in [2.45, 2.75) is 57.9 Å². The SMILES string of the molecule is CCCC(N)CC(=O)NCC1(CC(=O)O)CCC1. The van der Waals surface area contributed by atoms with Gasteiger partial charge in [0.1, 0.15) is 0 Å². The summed E-state index contributed by atoms with van der Waals surface area (Å²) in [4.78, 5) is 22.4. The lowest BCUT2D eigenvalue weighted by Gasteiger charge is -2.40. The average molecular weight is 256 g/mol. The van der Waals surface area contributed by atoms with E-state index in [9.17, 15) is 9.59 Å². The van der Waals surface area contributed by atoms with E-state index in [1.807, 2.05) is 6.92 Å². The van der Waals surface area contributed by atoms with Gasteiger partial charge in [-0.2, -0.15) is 0 Å². The summed E-state index contributed by atoms with van der Waals surface area (Å²) in [5.41, 5.74) is 5.58. The summed E-state index contributed by atoms with van der Waals surface area (Å²) in [5.74, 6) is -0.848. The van der Waals surface area contributed by atoms with Crippen LogP contribution in [0.15, 0.2) is 0 Å². The minimum atomic E-state index is -0.786. The van der Waals surface area contributed by atoms with E-state index in [0.29, 0.717) is 13.0 Å². The van der Waals surface area contributed by atoms with Crippen LogP contribution in [-0.2, 0) is 9.59 Å². The minimum absolute atomic E-state index is 0.0624. The topological polar surface area (TPSA) is 92.4 Å². The molecular formula is C13H24N2O3. The summed E-state index contributed by atoms with van der Waals surface area (Å²) in [6.07, 6.45) is 5.12. The van der Waals surface area contributed by atoms with Crippen LogP contribution >= 0.6 is 0 Å². The highest BCUT2D eigenvalue weighted by molar-refractivity contribution is 5.76. The molecule has 1 saturated carbocycles. The Bertz CT molecular complexity index is 301. The monoisotopic (exact) mass is 256 g/mol. The van der Waals surface area contributed by atoms with Crippen molar-refractivity contribution in [1.82, 2.24) is 5.32 Å². The number of nitrogens with one attached hydrogen (secondary N) is 1. The van der Waals surface area contributed by atoms with E-state index in [-0.39, 0.29) is 23.8 Å². The number of amides is 1. The van der Waals surface area contributed by atoms with Crippen LogP contribution in [0.3, 0.4) is 0 Å². The van der Waals surface area contributed by atoms with E-state index in [1.54, 1.807) is 0 Å². The number of nitrogens with two attached hydrogens (primary N) is 1. The van der Waals surface area contributed by atoms with Gasteiger partial charge in [-0.05, 0) is 24.7 Å². The van der Waals surface area contributed by atoms with Crippen molar-refractivity contribution in [3.63, 3.8) is 0 Å². The van der Waals surface area contributed by atoms with Crippen LogP contribution in [0, 0.1) is 5.41 Å². The molecule has 0 aromatic heterocycles. The molecule has 0 spiro atoms. The lowest BCUT2D eigenvalue weighted by molar-refractivity contribution is -0.141. The number of hydrogen-bond acceptors (Lipinski definition) is 3.